The second kappa shape index (κ2) is 6.35. The molecule has 0 unspecified atom stereocenters. The Morgan fingerprint density at radius 1 is 1.36 bits per heavy atom. The highest BCUT2D eigenvalue weighted by Crippen LogP contribution is 2.13. The lowest BCUT2D eigenvalue weighted by Crippen LogP contribution is -2.40. The van der Waals surface area contributed by atoms with Gasteiger partial charge in [-0.1, -0.05) is 13.8 Å². The van der Waals surface area contributed by atoms with Crippen molar-refractivity contribution in [2.45, 2.75) is 20.0 Å². The fourth-order valence-corrected chi connectivity index (χ4v) is 1.55. The molecule has 0 aliphatic carbocycles. The molecule has 0 aromatic carbocycles. The van der Waals surface area contributed by atoms with Crippen molar-refractivity contribution in [1.82, 2.24) is 10.2 Å². The first-order valence-electron chi connectivity index (χ1n) is 5.02. The van der Waals surface area contributed by atoms with Gasteiger partial charge in [0.2, 0.25) is 0 Å². The average molecular weight is 204 g/mol. The molecule has 3 N–H and O–H groups in total. The van der Waals surface area contributed by atoms with Crippen molar-refractivity contribution < 1.29 is 10.2 Å². The smallest absolute Gasteiger partial charge is 0.0894 e. The Morgan fingerprint density at radius 3 is 2.36 bits per heavy atom. The van der Waals surface area contributed by atoms with Crippen LogP contribution in [-0.4, -0.2) is 61.6 Å². The highest BCUT2D eigenvalue weighted by molar-refractivity contribution is 4.74. The number of hydrogen-bond acceptors (Lipinski definition) is 4. The van der Waals surface area contributed by atoms with E-state index in [0.29, 0.717) is 6.54 Å². The summed E-state index contributed by atoms with van der Waals surface area (Å²) in [6, 6.07) is 0. The van der Waals surface area contributed by atoms with Gasteiger partial charge in [-0.25, -0.2) is 0 Å². The lowest BCUT2D eigenvalue weighted by atomic mass is 9.93. The molecule has 86 valence electrons. The Morgan fingerprint density at radius 2 is 1.93 bits per heavy atom. The molecule has 14 heavy (non-hydrogen) atoms. The molecule has 0 fully saturated rings. The summed E-state index contributed by atoms with van der Waals surface area (Å²) in [7, 11) is 4.09. The van der Waals surface area contributed by atoms with E-state index in [0.717, 1.165) is 13.1 Å². The van der Waals surface area contributed by atoms with Crippen LogP contribution in [0.2, 0.25) is 0 Å². The van der Waals surface area contributed by atoms with Gasteiger partial charge in [-0.3, -0.25) is 0 Å². The molecule has 0 amide bonds. The van der Waals surface area contributed by atoms with Crippen LogP contribution < -0.4 is 5.32 Å². The van der Waals surface area contributed by atoms with Crippen molar-refractivity contribution in [2.75, 3.05) is 40.3 Å². The van der Waals surface area contributed by atoms with Gasteiger partial charge >= 0.3 is 0 Å². The van der Waals surface area contributed by atoms with Crippen molar-refractivity contribution in [3.63, 3.8) is 0 Å². The summed E-state index contributed by atoms with van der Waals surface area (Å²) in [5, 5.41) is 20.9. The van der Waals surface area contributed by atoms with Gasteiger partial charge in [0.15, 0.2) is 0 Å². The maximum Gasteiger partial charge on any atom is 0.0894 e. The first-order chi connectivity index (χ1) is 6.37. The van der Waals surface area contributed by atoms with E-state index in [9.17, 15) is 0 Å². The van der Waals surface area contributed by atoms with Gasteiger partial charge in [-0.05, 0) is 19.5 Å². The molecule has 4 heteroatoms. The maximum absolute atomic E-state index is 9.11. The first-order valence-corrected chi connectivity index (χ1v) is 5.02. The van der Waals surface area contributed by atoms with Crippen molar-refractivity contribution in [3.8, 4) is 0 Å². The van der Waals surface area contributed by atoms with Gasteiger partial charge in [-0.2, -0.15) is 0 Å². The summed E-state index contributed by atoms with van der Waals surface area (Å²) < 4.78 is 0. The molecule has 1 atom stereocenters. The molecule has 0 aromatic heterocycles. The van der Waals surface area contributed by atoms with Crippen molar-refractivity contribution in [2.24, 2.45) is 5.41 Å². The van der Waals surface area contributed by atoms with E-state index in [1.165, 1.54) is 0 Å². The molecule has 4 nitrogen and oxygen atoms in total. The fraction of sp³-hybridized carbons (Fsp3) is 1.00. The third-order valence-corrected chi connectivity index (χ3v) is 1.94. The van der Waals surface area contributed by atoms with Crippen LogP contribution in [-0.2, 0) is 0 Å². The van der Waals surface area contributed by atoms with Crippen molar-refractivity contribution >= 4 is 0 Å². The zero-order chi connectivity index (χ0) is 11.2. The van der Waals surface area contributed by atoms with Crippen molar-refractivity contribution in [1.29, 1.82) is 0 Å². The summed E-state index contributed by atoms with van der Waals surface area (Å²) in [6.45, 7) is 6.45. The predicted octanol–water partition coefficient (Wildman–Crippen LogP) is -0.483. The molecular weight excluding hydrogens is 180 g/mol. The van der Waals surface area contributed by atoms with Crippen LogP contribution in [0.4, 0.5) is 0 Å². The Bertz CT molecular complexity index is 149. The number of aliphatic hydroxyl groups is 2. The predicted molar refractivity (Wildman–Crippen MR) is 58.3 cm³/mol. The third kappa shape index (κ3) is 7.26. The molecule has 0 radical (unpaired) electrons. The van der Waals surface area contributed by atoms with E-state index in [1.54, 1.807) is 0 Å². The molecule has 0 saturated carbocycles. The normalized spacial score (nSPS) is 14.8. The van der Waals surface area contributed by atoms with Gasteiger partial charge < -0.3 is 20.4 Å². The largest absolute Gasteiger partial charge is 0.394 e. The van der Waals surface area contributed by atoms with E-state index >= 15 is 0 Å². The third-order valence-electron chi connectivity index (χ3n) is 1.94. The molecule has 0 aliphatic rings. The topological polar surface area (TPSA) is 55.7 Å². The van der Waals surface area contributed by atoms with Crippen LogP contribution >= 0.6 is 0 Å². The lowest BCUT2D eigenvalue weighted by molar-refractivity contribution is 0.0909. The Kier molecular flexibility index (Phi) is 6.27. The Balaban J connectivity index is 3.65. The first kappa shape index (κ1) is 13.8. The minimum atomic E-state index is -0.648. The molecule has 0 saturated heterocycles. The number of nitrogens with zero attached hydrogens (tertiary/aromatic N) is 1. The van der Waals surface area contributed by atoms with Crippen molar-refractivity contribution in [3.05, 3.63) is 0 Å². The standard InChI is InChI=1S/C10H24N2O2/c1-10(2,8-12(3)4)7-11-5-9(14)6-13/h9,11,13-14H,5-8H2,1-4H3/t9-/m0/s1. The fourth-order valence-electron chi connectivity index (χ4n) is 1.55. The van der Waals surface area contributed by atoms with Crippen LogP contribution in [0.1, 0.15) is 13.8 Å². The molecule has 0 heterocycles. The van der Waals surface area contributed by atoms with E-state index in [2.05, 4.69) is 24.1 Å². The zero-order valence-corrected chi connectivity index (χ0v) is 9.75. The summed E-state index contributed by atoms with van der Waals surface area (Å²) in [5.74, 6) is 0. The minimum absolute atomic E-state index is 0.179. The molecule has 0 spiro atoms. The van der Waals surface area contributed by atoms with E-state index < -0.39 is 6.10 Å². The number of aliphatic hydroxyl groups excluding tert-OH is 2. The lowest BCUT2D eigenvalue weighted by Gasteiger charge is -2.28. The van der Waals surface area contributed by atoms with Crippen LogP contribution in [0.15, 0.2) is 0 Å². The van der Waals surface area contributed by atoms with Crippen LogP contribution in [0.3, 0.4) is 0 Å². The summed E-state index contributed by atoms with van der Waals surface area (Å²) in [6.07, 6.45) is -0.648. The molecule has 0 bridgehead atoms. The number of nitrogens with one attached hydrogen (secondary N) is 1. The molecule has 0 rings (SSSR count). The number of rotatable bonds is 7. The summed E-state index contributed by atoms with van der Waals surface area (Å²) in [5.41, 5.74) is 0.179. The van der Waals surface area contributed by atoms with Gasteiger partial charge in [0.1, 0.15) is 0 Å². The Labute approximate surface area is 86.9 Å². The second-order valence-electron chi connectivity index (χ2n) is 4.87. The number of hydrogen-bond donors (Lipinski definition) is 3. The van der Waals surface area contributed by atoms with Gasteiger partial charge in [0.25, 0.3) is 0 Å². The van der Waals surface area contributed by atoms with Gasteiger partial charge in [-0.15, -0.1) is 0 Å². The van der Waals surface area contributed by atoms with Gasteiger partial charge in [0, 0.05) is 19.6 Å². The molecular formula is C10H24N2O2. The summed E-state index contributed by atoms with van der Waals surface area (Å²) >= 11 is 0. The van der Waals surface area contributed by atoms with E-state index in [4.69, 9.17) is 10.2 Å². The summed E-state index contributed by atoms with van der Waals surface area (Å²) in [4.78, 5) is 2.14. The monoisotopic (exact) mass is 204 g/mol. The van der Waals surface area contributed by atoms with Crippen LogP contribution in [0.5, 0.6) is 0 Å². The average Bonchev–Trinajstić information content (AvgIpc) is 2.01. The highest BCUT2D eigenvalue weighted by atomic mass is 16.3. The van der Waals surface area contributed by atoms with Gasteiger partial charge in [0.05, 0.1) is 12.7 Å². The second-order valence-corrected chi connectivity index (χ2v) is 4.87. The van der Waals surface area contributed by atoms with E-state index in [-0.39, 0.29) is 12.0 Å². The maximum atomic E-state index is 9.11. The van der Waals surface area contributed by atoms with Crippen LogP contribution in [0, 0.1) is 5.41 Å². The molecule has 0 aromatic rings. The minimum Gasteiger partial charge on any atom is -0.394 e. The SMILES string of the molecule is CN(C)CC(C)(C)CNC[C@H](O)CO. The highest BCUT2D eigenvalue weighted by Gasteiger charge is 2.18. The van der Waals surface area contributed by atoms with Crippen LogP contribution in [0.25, 0.3) is 0 Å². The Hall–Kier alpha value is -0.160. The molecule has 0 aliphatic heterocycles. The van der Waals surface area contributed by atoms with E-state index in [1.807, 2.05) is 14.1 Å². The zero-order valence-electron chi connectivity index (χ0n) is 9.75. The quantitative estimate of drug-likeness (QED) is 0.524.